The van der Waals surface area contributed by atoms with Crippen molar-refractivity contribution >= 4 is 28.2 Å². The lowest BCUT2D eigenvalue weighted by Gasteiger charge is -2.04. The highest BCUT2D eigenvalue weighted by molar-refractivity contribution is 7.14. The summed E-state index contributed by atoms with van der Waals surface area (Å²) >= 11 is 1.24. The van der Waals surface area contributed by atoms with E-state index >= 15 is 0 Å². The lowest BCUT2D eigenvalue weighted by molar-refractivity contribution is 0.0528. The van der Waals surface area contributed by atoms with Crippen LogP contribution >= 0.6 is 11.3 Å². The van der Waals surface area contributed by atoms with Gasteiger partial charge in [0.15, 0.2) is 5.69 Å². The number of thiophene rings is 1. The summed E-state index contributed by atoms with van der Waals surface area (Å²) in [7, 11) is 0. The van der Waals surface area contributed by atoms with Crippen molar-refractivity contribution in [3.05, 3.63) is 28.9 Å². The molecule has 2 heterocycles. The van der Waals surface area contributed by atoms with Crippen LogP contribution in [0.3, 0.4) is 0 Å². The summed E-state index contributed by atoms with van der Waals surface area (Å²) in [6, 6.07) is 1.60. The van der Waals surface area contributed by atoms with Crippen molar-refractivity contribution in [3.8, 4) is 0 Å². The van der Waals surface area contributed by atoms with Crippen molar-refractivity contribution in [1.82, 2.24) is 15.4 Å². The first-order chi connectivity index (χ1) is 8.72. The molecular weight excluding hydrogens is 256 g/mol. The Bertz CT molecular complexity index is 549. The molecule has 0 radical (unpaired) electrons. The molecule has 0 atom stereocenters. The van der Waals surface area contributed by atoms with Crippen LogP contribution in [0, 0.1) is 0 Å². The van der Waals surface area contributed by atoms with Gasteiger partial charge >= 0.3 is 5.97 Å². The maximum atomic E-state index is 11.7. The summed E-state index contributed by atoms with van der Waals surface area (Å²) < 4.78 is 4.88. The smallest absolute Gasteiger partial charge is 0.341 e. The van der Waals surface area contributed by atoms with Gasteiger partial charge in [0, 0.05) is 0 Å². The number of H-pyrrole nitrogens is 1. The molecule has 0 aliphatic carbocycles. The molecule has 2 aromatic rings. The van der Waals surface area contributed by atoms with Gasteiger partial charge in [-0.25, -0.2) is 4.79 Å². The van der Waals surface area contributed by atoms with Crippen molar-refractivity contribution in [3.63, 3.8) is 0 Å². The fourth-order valence-corrected chi connectivity index (χ4v) is 2.02. The maximum Gasteiger partial charge on any atom is 0.341 e. The SMILES string of the molecule is CCOC(=O)c1ccsc1NC(=O)c1cn[nH]n1. The first-order valence-electron chi connectivity index (χ1n) is 5.14. The number of aromatic nitrogens is 3. The lowest BCUT2D eigenvalue weighted by Crippen LogP contribution is -2.14. The second-order valence-corrected chi connectivity index (χ2v) is 4.11. The van der Waals surface area contributed by atoms with E-state index in [1.54, 1.807) is 18.4 Å². The predicted octanol–water partition coefficient (Wildman–Crippen LogP) is 1.30. The van der Waals surface area contributed by atoms with Gasteiger partial charge < -0.3 is 10.1 Å². The molecular formula is C10H10N4O3S. The normalized spacial score (nSPS) is 10.1. The van der Waals surface area contributed by atoms with Crippen LogP contribution in [0.15, 0.2) is 17.6 Å². The molecule has 0 aliphatic rings. The number of ether oxygens (including phenoxy) is 1. The molecule has 0 fully saturated rings. The van der Waals surface area contributed by atoms with Crippen LogP contribution in [-0.2, 0) is 4.74 Å². The molecule has 7 nitrogen and oxygen atoms in total. The molecule has 18 heavy (non-hydrogen) atoms. The number of nitrogens with zero attached hydrogens (tertiary/aromatic N) is 2. The molecule has 2 N–H and O–H groups in total. The third-order valence-corrected chi connectivity index (χ3v) is 2.87. The lowest BCUT2D eigenvalue weighted by atomic mass is 10.3. The number of amides is 1. The number of aromatic amines is 1. The number of nitrogens with one attached hydrogen (secondary N) is 2. The highest BCUT2D eigenvalue weighted by Crippen LogP contribution is 2.24. The number of hydrogen-bond acceptors (Lipinski definition) is 6. The van der Waals surface area contributed by atoms with Crippen molar-refractivity contribution in [2.45, 2.75) is 6.92 Å². The summed E-state index contributed by atoms with van der Waals surface area (Å²) in [5.74, 6) is -0.897. The summed E-state index contributed by atoms with van der Waals surface area (Å²) in [6.07, 6.45) is 1.30. The van der Waals surface area contributed by atoms with E-state index in [2.05, 4.69) is 20.7 Å². The Balaban J connectivity index is 2.13. The highest BCUT2D eigenvalue weighted by atomic mass is 32.1. The molecule has 0 spiro atoms. The van der Waals surface area contributed by atoms with E-state index in [1.165, 1.54) is 17.5 Å². The number of carbonyl (C=O) groups is 2. The van der Waals surface area contributed by atoms with Crippen LogP contribution in [-0.4, -0.2) is 33.9 Å². The Hall–Kier alpha value is -2.22. The van der Waals surface area contributed by atoms with E-state index in [4.69, 9.17) is 4.74 Å². The van der Waals surface area contributed by atoms with Crippen molar-refractivity contribution in [2.24, 2.45) is 0 Å². The molecule has 0 aliphatic heterocycles. The predicted molar refractivity (Wildman–Crippen MR) is 64.6 cm³/mol. The maximum absolute atomic E-state index is 11.7. The minimum atomic E-state index is -0.464. The average Bonchev–Trinajstić information content (AvgIpc) is 2.99. The zero-order valence-corrected chi connectivity index (χ0v) is 10.3. The Kier molecular flexibility index (Phi) is 3.68. The Morgan fingerprint density at radius 2 is 2.39 bits per heavy atom. The standard InChI is InChI=1S/C10H10N4O3S/c1-2-17-10(16)6-3-4-18-9(6)12-8(15)7-5-11-14-13-7/h3-5H,2H2,1H3,(H,12,15)(H,11,13,14). The summed E-state index contributed by atoms with van der Waals surface area (Å²) in [6.45, 7) is 2.00. The van der Waals surface area contributed by atoms with Gasteiger partial charge in [0.05, 0.1) is 18.4 Å². The molecule has 0 unspecified atom stereocenters. The molecule has 0 saturated heterocycles. The largest absolute Gasteiger partial charge is 0.462 e. The second kappa shape index (κ2) is 5.41. The van der Waals surface area contributed by atoms with Crippen molar-refractivity contribution < 1.29 is 14.3 Å². The second-order valence-electron chi connectivity index (χ2n) is 3.19. The van der Waals surface area contributed by atoms with Gasteiger partial charge in [0.1, 0.15) is 5.00 Å². The number of anilines is 1. The topological polar surface area (TPSA) is 97.0 Å². The van der Waals surface area contributed by atoms with Gasteiger partial charge in [0.2, 0.25) is 0 Å². The zero-order chi connectivity index (χ0) is 13.0. The fraction of sp³-hybridized carbons (Fsp3) is 0.200. The van der Waals surface area contributed by atoms with Crippen LogP contribution < -0.4 is 5.32 Å². The van der Waals surface area contributed by atoms with E-state index in [1.807, 2.05) is 0 Å². The molecule has 0 bridgehead atoms. The Labute approximate surface area is 106 Å². The molecule has 2 rings (SSSR count). The number of carbonyl (C=O) groups excluding carboxylic acids is 2. The molecule has 1 amide bonds. The Morgan fingerprint density at radius 1 is 1.56 bits per heavy atom. The van der Waals surface area contributed by atoms with Crippen LogP contribution in [0.2, 0.25) is 0 Å². The fourth-order valence-electron chi connectivity index (χ4n) is 1.25. The summed E-state index contributed by atoms with van der Waals surface area (Å²) in [5, 5.41) is 14.2. The van der Waals surface area contributed by atoms with Crippen molar-refractivity contribution in [1.29, 1.82) is 0 Å². The minimum absolute atomic E-state index is 0.151. The van der Waals surface area contributed by atoms with E-state index in [9.17, 15) is 9.59 Å². The zero-order valence-electron chi connectivity index (χ0n) is 9.47. The molecule has 8 heteroatoms. The van der Waals surface area contributed by atoms with Gasteiger partial charge in [-0.2, -0.15) is 15.4 Å². The third-order valence-electron chi connectivity index (χ3n) is 2.04. The molecule has 0 saturated carbocycles. The highest BCUT2D eigenvalue weighted by Gasteiger charge is 2.17. The van der Waals surface area contributed by atoms with Gasteiger partial charge in [-0.05, 0) is 18.4 Å². The van der Waals surface area contributed by atoms with Crippen LogP contribution in [0.4, 0.5) is 5.00 Å². The van der Waals surface area contributed by atoms with Gasteiger partial charge in [0.25, 0.3) is 5.91 Å². The number of rotatable bonds is 4. The van der Waals surface area contributed by atoms with Crippen LogP contribution in [0.1, 0.15) is 27.8 Å². The Morgan fingerprint density at radius 3 is 3.06 bits per heavy atom. The minimum Gasteiger partial charge on any atom is -0.462 e. The summed E-state index contributed by atoms with van der Waals surface area (Å²) in [5.41, 5.74) is 0.483. The van der Waals surface area contributed by atoms with Crippen LogP contribution in [0.25, 0.3) is 0 Å². The number of esters is 1. The first-order valence-corrected chi connectivity index (χ1v) is 6.02. The monoisotopic (exact) mass is 266 g/mol. The summed E-state index contributed by atoms with van der Waals surface area (Å²) in [4.78, 5) is 23.3. The average molecular weight is 266 g/mol. The van der Waals surface area contributed by atoms with E-state index < -0.39 is 11.9 Å². The van der Waals surface area contributed by atoms with Crippen molar-refractivity contribution in [2.75, 3.05) is 11.9 Å². The van der Waals surface area contributed by atoms with Gasteiger partial charge in [-0.1, -0.05) is 0 Å². The van der Waals surface area contributed by atoms with Gasteiger partial charge in [-0.15, -0.1) is 11.3 Å². The van der Waals surface area contributed by atoms with Gasteiger partial charge in [-0.3, -0.25) is 4.79 Å². The van der Waals surface area contributed by atoms with E-state index in [0.717, 1.165) is 0 Å². The van der Waals surface area contributed by atoms with E-state index in [-0.39, 0.29) is 12.3 Å². The molecule has 94 valence electrons. The molecule has 0 aromatic carbocycles. The van der Waals surface area contributed by atoms with Crippen LogP contribution in [0.5, 0.6) is 0 Å². The third kappa shape index (κ3) is 2.54. The molecule has 2 aromatic heterocycles. The quantitative estimate of drug-likeness (QED) is 0.813. The first kappa shape index (κ1) is 12.2. The van der Waals surface area contributed by atoms with E-state index in [0.29, 0.717) is 10.6 Å². The number of hydrogen-bond donors (Lipinski definition) is 2.